The van der Waals surface area contributed by atoms with Gasteiger partial charge in [0.15, 0.2) is 0 Å². The summed E-state index contributed by atoms with van der Waals surface area (Å²) >= 11 is 0. The van der Waals surface area contributed by atoms with E-state index in [1.165, 1.54) is 13.0 Å². The minimum absolute atomic E-state index is 0.00668. The minimum Gasteiger partial charge on any atom is -0.457 e. The van der Waals surface area contributed by atoms with Gasteiger partial charge >= 0.3 is 0 Å². The van der Waals surface area contributed by atoms with Crippen molar-refractivity contribution in [2.45, 2.75) is 12.5 Å². The quantitative estimate of drug-likeness (QED) is 0.848. The van der Waals surface area contributed by atoms with Crippen molar-refractivity contribution in [2.75, 3.05) is 25.4 Å². The maximum atomic E-state index is 12.4. The van der Waals surface area contributed by atoms with E-state index >= 15 is 0 Å². The maximum Gasteiger partial charge on any atom is 0.251 e. The van der Waals surface area contributed by atoms with Crippen molar-refractivity contribution < 1.29 is 9.53 Å². The lowest BCUT2D eigenvalue weighted by Crippen LogP contribution is -2.43. The van der Waals surface area contributed by atoms with Crippen LogP contribution in [0.3, 0.4) is 0 Å². The topological polar surface area (TPSA) is 67.6 Å². The first-order chi connectivity index (χ1) is 11.7. The van der Waals surface area contributed by atoms with Gasteiger partial charge in [-0.15, -0.1) is 0 Å². The summed E-state index contributed by atoms with van der Waals surface area (Å²) in [6.45, 7) is 3.28. The highest BCUT2D eigenvalue weighted by Gasteiger charge is 2.38. The molecule has 2 unspecified atom stereocenters. The van der Waals surface area contributed by atoms with Crippen LogP contribution in [-0.2, 0) is 0 Å². The summed E-state index contributed by atoms with van der Waals surface area (Å²) < 4.78 is 5.75. The van der Waals surface area contributed by atoms with Crippen molar-refractivity contribution >= 4 is 11.6 Å². The number of piperidine rings is 1. The summed E-state index contributed by atoms with van der Waals surface area (Å²) in [5.41, 5.74) is 7.02. The van der Waals surface area contributed by atoms with E-state index in [-0.39, 0.29) is 11.9 Å². The summed E-state index contributed by atoms with van der Waals surface area (Å²) in [6, 6.07) is 14.7. The molecule has 4 rings (SSSR count). The van der Waals surface area contributed by atoms with E-state index in [1.54, 1.807) is 24.3 Å². The number of amides is 1. The molecule has 0 aromatic heterocycles. The number of nitrogens with zero attached hydrogens (tertiary/aromatic N) is 1. The maximum absolute atomic E-state index is 12.4. The zero-order valence-corrected chi connectivity index (χ0v) is 13.4. The molecular formula is C19H21N3O2. The van der Waals surface area contributed by atoms with Gasteiger partial charge in [0.2, 0.25) is 0 Å². The van der Waals surface area contributed by atoms with Crippen LogP contribution < -0.4 is 15.8 Å². The Labute approximate surface area is 141 Å². The molecule has 3 atom stereocenters. The molecule has 0 spiro atoms. The van der Waals surface area contributed by atoms with Gasteiger partial charge in [0.1, 0.15) is 11.5 Å². The zero-order chi connectivity index (χ0) is 16.5. The Kier molecular flexibility index (Phi) is 3.86. The van der Waals surface area contributed by atoms with Crippen LogP contribution in [0.4, 0.5) is 5.69 Å². The van der Waals surface area contributed by atoms with Crippen LogP contribution in [0.25, 0.3) is 0 Å². The summed E-state index contributed by atoms with van der Waals surface area (Å²) in [6.07, 6.45) is 1.19. The van der Waals surface area contributed by atoms with Gasteiger partial charge in [0.25, 0.3) is 5.91 Å². The molecule has 1 amide bonds. The molecule has 2 bridgehead atoms. The molecule has 24 heavy (non-hydrogen) atoms. The normalized spacial score (nSPS) is 24.8. The molecule has 0 radical (unpaired) electrons. The number of nitrogens with two attached hydrogens (primary N) is 1. The van der Waals surface area contributed by atoms with E-state index in [0.29, 0.717) is 22.9 Å². The van der Waals surface area contributed by atoms with Gasteiger partial charge in [-0.2, -0.15) is 0 Å². The minimum atomic E-state index is -0.00668. The standard InChI is InChI=1S/C19H21N3O2/c20-15-3-7-17(8-4-15)24-16-5-1-13(2-6-16)19(23)21-18-12-22-10-9-14(18)11-22/h1-8,14,18H,9-12,20H2,(H,21,23)/t14-,18?/m0/s1. The third kappa shape index (κ3) is 3.08. The van der Waals surface area contributed by atoms with Gasteiger partial charge in [0, 0.05) is 30.4 Å². The van der Waals surface area contributed by atoms with Crippen LogP contribution in [0.5, 0.6) is 11.5 Å². The highest BCUT2D eigenvalue weighted by Crippen LogP contribution is 2.28. The second-order valence-corrected chi connectivity index (χ2v) is 6.58. The second-order valence-electron chi connectivity index (χ2n) is 6.58. The molecule has 2 heterocycles. The van der Waals surface area contributed by atoms with E-state index < -0.39 is 0 Å². The van der Waals surface area contributed by atoms with E-state index in [9.17, 15) is 4.79 Å². The molecule has 5 heteroatoms. The first-order valence-corrected chi connectivity index (χ1v) is 8.34. The first-order valence-electron chi connectivity index (χ1n) is 8.34. The predicted octanol–water partition coefficient (Wildman–Crippen LogP) is 2.50. The van der Waals surface area contributed by atoms with Crippen LogP contribution in [0.1, 0.15) is 16.8 Å². The molecule has 5 nitrogen and oxygen atoms in total. The van der Waals surface area contributed by atoms with Gasteiger partial charge in [-0.1, -0.05) is 0 Å². The molecule has 2 aliphatic heterocycles. The fourth-order valence-corrected chi connectivity index (χ4v) is 3.55. The van der Waals surface area contributed by atoms with E-state index in [1.807, 2.05) is 24.3 Å². The number of hydrogen-bond acceptors (Lipinski definition) is 4. The third-order valence-electron chi connectivity index (χ3n) is 4.88. The SMILES string of the molecule is Nc1ccc(Oc2ccc(C(=O)NC3CN4CC[C@H]3C4)cc2)cc1. The molecule has 2 aromatic carbocycles. The van der Waals surface area contributed by atoms with Crippen LogP contribution in [-0.4, -0.2) is 36.5 Å². The number of rotatable bonds is 4. The number of ether oxygens (including phenoxy) is 1. The lowest BCUT2D eigenvalue weighted by molar-refractivity contribution is 0.0924. The molecule has 2 fully saturated rings. The highest BCUT2D eigenvalue weighted by molar-refractivity contribution is 5.94. The van der Waals surface area contributed by atoms with Crippen LogP contribution in [0.2, 0.25) is 0 Å². The molecule has 2 aliphatic rings. The average Bonchev–Trinajstić information content (AvgIpc) is 3.20. The fraction of sp³-hybridized carbons (Fsp3) is 0.316. The average molecular weight is 323 g/mol. The molecule has 124 valence electrons. The number of carbonyl (C=O) groups excluding carboxylic acids is 1. The molecule has 0 aliphatic carbocycles. The molecule has 2 aromatic rings. The second kappa shape index (κ2) is 6.17. The molecular weight excluding hydrogens is 302 g/mol. The number of nitrogen functional groups attached to an aromatic ring is 1. The zero-order valence-electron chi connectivity index (χ0n) is 13.4. The van der Waals surface area contributed by atoms with Gasteiger partial charge < -0.3 is 20.7 Å². The highest BCUT2D eigenvalue weighted by atomic mass is 16.5. The van der Waals surface area contributed by atoms with Crippen LogP contribution >= 0.6 is 0 Å². The fourth-order valence-electron chi connectivity index (χ4n) is 3.55. The number of nitrogens with one attached hydrogen (secondary N) is 1. The molecule has 3 N–H and O–H groups in total. The number of carbonyl (C=O) groups is 1. The third-order valence-corrected chi connectivity index (χ3v) is 4.88. The van der Waals surface area contributed by atoms with Crippen molar-refractivity contribution in [1.29, 1.82) is 0 Å². The van der Waals surface area contributed by atoms with Crippen LogP contribution in [0, 0.1) is 5.92 Å². The summed E-state index contributed by atoms with van der Waals surface area (Å²) in [4.78, 5) is 14.8. The van der Waals surface area contributed by atoms with E-state index in [4.69, 9.17) is 10.5 Å². The van der Waals surface area contributed by atoms with Crippen molar-refractivity contribution in [3.8, 4) is 11.5 Å². The van der Waals surface area contributed by atoms with Gasteiger partial charge in [0.05, 0.1) is 0 Å². The Hall–Kier alpha value is -2.53. The van der Waals surface area contributed by atoms with Crippen molar-refractivity contribution in [2.24, 2.45) is 5.92 Å². The smallest absolute Gasteiger partial charge is 0.251 e. The summed E-state index contributed by atoms with van der Waals surface area (Å²) in [5.74, 6) is 2.02. The Morgan fingerprint density at radius 1 is 1.04 bits per heavy atom. The van der Waals surface area contributed by atoms with Crippen molar-refractivity contribution in [3.05, 3.63) is 54.1 Å². The number of hydrogen-bond donors (Lipinski definition) is 2. The monoisotopic (exact) mass is 323 g/mol. The Morgan fingerprint density at radius 3 is 2.29 bits per heavy atom. The van der Waals surface area contributed by atoms with E-state index in [0.717, 1.165) is 18.8 Å². The van der Waals surface area contributed by atoms with Crippen molar-refractivity contribution in [3.63, 3.8) is 0 Å². The van der Waals surface area contributed by atoms with E-state index in [2.05, 4.69) is 10.2 Å². The lowest BCUT2D eigenvalue weighted by Gasteiger charge is -2.23. The van der Waals surface area contributed by atoms with Gasteiger partial charge in [-0.05, 0) is 67.4 Å². The molecule has 2 saturated heterocycles. The largest absolute Gasteiger partial charge is 0.457 e. The summed E-state index contributed by atoms with van der Waals surface area (Å²) in [7, 11) is 0. The Bertz CT molecular complexity index is 727. The number of anilines is 1. The summed E-state index contributed by atoms with van der Waals surface area (Å²) in [5, 5.41) is 3.17. The van der Waals surface area contributed by atoms with Gasteiger partial charge in [-0.3, -0.25) is 4.79 Å². The Morgan fingerprint density at radius 2 is 1.71 bits per heavy atom. The first kappa shape index (κ1) is 15.0. The Balaban J connectivity index is 1.38. The lowest BCUT2D eigenvalue weighted by atomic mass is 9.99. The van der Waals surface area contributed by atoms with Crippen molar-refractivity contribution in [1.82, 2.24) is 10.2 Å². The van der Waals surface area contributed by atoms with Crippen LogP contribution in [0.15, 0.2) is 48.5 Å². The predicted molar refractivity (Wildman–Crippen MR) is 93.2 cm³/mol. The number of benzene rings is 2. The molecule has 0 saturated carbocycles. The number of fused-ring (bicyclic) bond motifs is 2. The van der Waals surface area contributed by atoms with Gasteiger partial charge in [-0.25, -0.2) is 0 Å².